The van der Waals surface area contributed by atoms with E-state index in [2.05, 4.69) is 0 Å². The lowest BCUT2D eigenvalue weighted by molar-refractivity contribution is 0.823. The van der Waals surface area contributed by atoms with E-state index >= 15 is 0 Å². The maximum Gasteiger partial charge on any atom is 0.187 e. The predicted molar refractivity (Wildman–Crippen MR) is 35.2 cm³/mol. The van der Waals surface area contributed by atoms with Crippen molar-refractivity contribution in [3.05, 3.63) is 0 Å². The average molecular weight is 156 g/mol. The molecular weight excluding hydrogens is 139 g/mol. The molecule has 0 radical (unpaired) electrons. The molecule has 14 N–H and O–H groups in total. The Balaban J connectivity index is 0. The minimum Gasteiger partial charge on any atom is -0.412 e. The van der Waals surface area contributed by atoms with Crippen LogP contribution >= 0.6 is 0 Å². The molecule has 0 rings (SSSR count). The van der Waals surface area contributed by atoms with Crippen LogP contribution in [0.25, 0.3) is 0 Å². The summed E-state index contributed by atoms with van der Waals surface area (Å²) in [6.07, 6.45) is 0. The molecular formula is H17AlO7. The molecule has 62 valence electrons. The summed E-state index contributed by atoms with van der Waals surface area (Å²) in [5, 5.41) is 0. The van der Waals surface area contributed by atoms with Gasteiger partial charge in [0.2, 0.25) is 0 Å². The van der Waals surface area contributed by atoms with Crippen LogP contribution in [-0.2, 0) is 0 Å². The van der Waals surface area contributed by atoms with Crippen LogP contribution in [0.4, 0.5) is 0 Å². The molecule has 0 amide bonds. The SMILES string of the molecule is O.O.O.O.O.O.O.[AlH3]. The molecule has 0 spiro atoms. The summed E-state index contributed by atoms with van der Waals surface area (Å²) in [6.45, 7) is 0. The zero-order valence-electron chi connectivity index (χ0n) is 3.50. The Morgan fingerprint density at radius 2 is 0.250 bits per heavy atom. The maximum atomic E-state index is 0. The molecule has 0 aromatic carbocycles. The van der Waals surface area contributed by atoms with E-state index in [4.69, 9.17) is 0 Å². The van der Waals surface area contributed by atoms with Crippen molar-refractivity contribution in [3.63, 3.8) is 0 Å². The molecule has 0 atom stereocenters. The van der Waals surface area contributed by atoms with Gasteiger partial charge in [-0.2, -0.15) is 0 Å². The van der Waals surface area contributed by atoms with Crippen LogP contribution in [0.3, 0.4) is 0 Å². The first-order chi connectivity index (χ1) is 0. The van der Waals surface area contributed by atoms with Gasteiger partial charge in [-0.25, -0.2) is 0 Å². The van der Waals surface area contributed by atoms with Gasteiger partial charge < -0.3 is 38.3 Å². The van der Waals surface area contributed by atoms with E-state index in [-0.39, 0.29) is 55.7 Å². The summed E-state index contributed by atoms with van der Waals surface area (Å²) >= 11 is 0. The molecule has 0 fully saturated rings. The zero-order valence-corrected chi connectivity index (χ0v) is 3.50. The van der Waals surface area contributed by atoms with E-state index in [0.717, 1.165) is 0 Å². The normalized spacial score (nSPS) is 0. The van der Waals surface area contributed by atoms with Gasteiger partial charge in [-0.05, 0) is 0 Å². The van der Waals surface area contributed by atoms with Gasteiger partial charge in [0.1, 0.15) is 0 Å². The summed E-state index contributed by atoms with van der Waals surface area (Å²) in [7, 11) is 0. The van der Waals surface area contributed by atoms with Gasteiger partial charge in [0.25, 0.3) is 0 Å². The second kappa shape index (κ2) is 4450. The molecule has 8 heavy (non-hydrogen) atoms. The lowest BCUT2D eigenvalue weighted by Crippen LogP contribution is -0.381. The molecule has 0 unspecified atom stereocenters. The standard InChI is InChI=1S/Al.7H2O.3H/h;7*1H2;;;. The first kappa shape index (κ1) is 6810. The van der Waals surface area contributed by atoms with E-state index in [1.54, 1.807) is 0 Å². The number of rotatable bonds is 0. The van der Waals surface area contributed by atoms with E-state index < -0.39 is 0 Å². The van der Waals surface area contributed by atoms with Crippen molar-refractivity contribution < 1.29 is 38.3 Å². The van der Waals surface area contributed by atoms with Crippen LogP contribution in [0.15, 0.2) is 0 Å². The monoisotopic (exact) mass is 156 g/mol. The largest absolute Gasteiger partial charge is 0.412 e. The van der Waals surface area contributed by atoms with Gasteiger partial charge in [0, 0.05) is 0 Å². The van der Waals surface area contributed by atoms with Crippen molar-refractivity contribution in [1.82, 2.24) is 0 Å². The van der Waals surface area contributed by atoms with Crippen molar-refractivity contribution >= 4 is 17.4 Å². The van der Waals surface area contributed by atoms with Crippen molar-refractivity contribution in [1.29, 1.82) is 0 Å². The van der Waals surface area contributed by atoms with Gasteiger partial charge in [-0.15, -0.1) is 0 Å². The third-order valence-corrected chi connectivity index (χ3v) is 0. The predicted octanol–water partition coefficient (Wildman–Crippen LogP) is -6.96. The molecule has 0 aromatic heterocycles. The smallest absolute Gasteiger partial charge is 0.187 e. The highest BCUT2D eigenvalue weighted by atomic mass is 27.0. The molecule has 7 nitrogen and oxygen atoms in total. The fraction of sp³-hybridized carbons (Fsp3) is 0. The number of hydrogen-bond acceptors (Lipinski definition) is 0. The maximum absolute atomic E-state index is 0. The minimum atomic E-state index is 0. The van der Waals surface area contributed by atoms with Crippen LogP contribution < -0.4 is 0 Å². The Morgan fingerprint density at radius 3 is 0.250 bits per heavy atom. The summed E-state index contributed by atoms with van der Waals surface area (Å²) in [6, 6.07) is 0. The molecule has 0 aliphatic carbocycles. The highest BCUT2D eigenvalue weighted by Gasteiger charge is 0.187. The van der Waals surface area contributed by atoms with Crippen molar-refractivity contribution in [3.8, 4) is 0 Å². The molecule has 0 bridgehead atoms. The first-order valence-electron chi connectivity index (χ1n) is 0. The third-order valence-electron chi connectivity index (χ3n) is 0. The van der Waals surface area contributed by atoms with Gasteiger partial charge in [0.05, 0.1) is 0 Å². The molecule has 0 saturated heterocycles. The first-order valence-corrected chi connectivity index (χ1v) is 0. The summed E-state index contributed by atoms with van der Waals surface area (Å²) in [5.41, 5.74) is 0. The summed E-state index contributed by atoms with van der Waals surface area (Å²) < 4.78 is 0. The van der Waals surface area contributed by atoms with E-state index in [1.807, 2.05) is 0 Å². The molecule has 0 aromatic rings. The van der Waals surface area contributed by atoms with Gasteiger partial charge in [0.15, 0.2) is 17.4 Å². The Hall–Kier alpha value is 0.252. The topological polar surface area (TPSA) is 220 Å². The molecule has 0 aliphatic rings. The molecule has 0 aliphatic heterocycles. The zero-order chi connectivity index (χ0) is 0. The summed E-state index contributed by atoms with van der Waals surface area (Å²) in [4.78, 5) is 0. The minimum absolute atomic E-state index is 0. The second-order valence-corrected chi connectivity index (χ2v) is 0. The number of hydrogen-bond donors (Lipinski definition) is 0. The van der Waals surface area contributed by atoms with Gasteiger partial charge >= 0.3 is 0 Å². The van der Waals surface area contributed by atoms with Crippen LogP contribution in [0.2, 0.25) is 0 Å². The second-order valence-electron chi connectivity index (χ2n) is 0. The lowest BCUT2D eigenvalue weighted by Gasteiger charge is -0.413. The Morgan fingerprint density at radius 1 is 0.250 bits per heavy atom. The quantitative estimate of drug-likeness (QED) is 0.298. The Labute approximate surface area is 56.6 Å². The third kappa shape index (κ3) is 2710. The summed E-state index contributed by atoms with van der Waals surface area (Å²) in [5.74, 6) is 0. The van der Waals surface area contributed by atoms with E-state index in [1.165, 1.54) is 0 Å². The van der Waals surface area contributed by atoms with Gasteiger partial charge in [-0.3, -0.25) is 0 Å². The molecule has 0 heterocycles. The van der Waals surface area contributed by atoms with E-state index in [9.17, 15) is 0 Å². The van der Waals surface area contributed by atoms with Crippen molar-refractivity contribution in [2.45, 2.75) is 0 Å². The molecule has 8 heteroatoms. The fourth-order valence-electron chi connectivity index (χ4n) is 0. The van der Waals surface area contributed by atoms with Crippen LogP contribution in [-0.4, -0.2) is 55.7 Å². The molecule has 0 saturated carbocycles. The highest BCUT2D eigenvalue weighted by Crippen LogP contribution is -0.283. The van der Waals surface area contributed by atoms with Crippen LogP contribution in [0, 0.1) is 0 Å². The lowest BCUT2D eigenvalue weighted by atomic mass is 16.0. The van der Waals surface area contributed by atoms with Gasteiger partial charge in [-0.1, -0.05) is 0 Å². The Bertz CT molecular complexity index is 4.35. The van der Waals surface area contributed by atoms with Crippen molar-refractivity contribution in [2.24, 2.45) is 0 Å². The fourth-order valence-corrected chi connectivity index (χ4v) is 0. The highest BCUT2D eigenvalue weighted by molar-refractivity contribution is 5.75. The van der Waals surface area contributed by atoms with E-state index in [0.29, 0.717) is 0 Å². The van der Waals surface area contributed by atoms with Crippen molar-refractivity contribution in [2.75, 3.05) is 0 Å². The van der Waals surface area contributed by atoms with Crippen LogP contribution in [0.1, 0.15) is 0 Å². The average Bonchev–Trinajstić information content (AvgIpc) is 0. The Kier molecular flexibility index (Phi) is 3790000. The van der Waals surface area contributed by atoms with Crippen LogP contribution in [0.5, 0.6) is 0 Å².